The van der Waals surface area contributed by atoms with Gasteiger partial charge in [0.2, 0.25) is 5.28 Å². The van der Waals surface area contributed by atoms with Crippen LogP contribution in [0.5, 0.6) is 0 Å². The summed E-state index contributed by atoms with van der Waals surface area (Å²) in [5, 5.41) is 7.63. The van der Waals surface area contributed by atoms with E-state index in [4.69, 9.17) is 27.9 Å². The molecular formula is C9H14Cl2N4O. The highest BCUT2D eigenvalue weighted by Crippen LogP contribution is 2.23. The molecule has 1 aromatic heterocycles. The van der Waals surface area contributed by atoms with E-state index in [1.54, 1.807) is 7.11 Å². The molecular weight excluding hydrogens is 251 g/mol. The summed E-state index contributed by atoms with van der Waals surface area (Å²) >= 11 is 11.6. The van der Waals surface area contributed by atoms with Gasteiger partial charge < -0.3 is 9.64 Å². The Bertz CT molecular complexity index is 350. The van der Waals surface area contributed by atoms with Crippen molar-refractivity contribution < 1.29 is 4.74 Å². The van der Waals surface area contributed by atoms with Crippen LogP contribution in [-0.2, 0) is 4.74 Å². The number of anilines is 1. The normalized spacial score (nSPS) is 12.6. The summed E-state index contributed by atoms with van der Waals surface area (Å²) in [4.78, 5) is 6.04. The molecule has 0 aliphatic carbocycles. The number of rotatable bonds is 5. The number of nitrogens with zero attached hydrogens (tertiary/aromatic N) is 4. The molecule has 1 rings (SSSR count). The van der Waals surface area contributed by atoms with Crippen molar-refractivity contribution in [2.75, 3.05) is 25.2 Å². The smallest absolute Gasteiger partial charge is 0.245 e. The van der Waals surface area contributed by atoms with Crippen LogP contribution in [0.2, 0.25) is 10.4 Å². The maximum Gasteiger partial charge on any atom is 0.245 e. The van der Waals surface area contributed by atoms with Gasteiger partial charge in [-0.05, 0) is 25.4 Å². The first kappa shape index (κ1) is 13.4. The predicted molar refractivity (Wildman–Crippen MR) is 64.2 cm³/mol. The highest BCUT2D eigenvalue weighted by atomic mass is 35.5. The predicted octanol–water partition coefficient (Wildman–Crippen LogP) is 2.04. The average molecular weight is 265 g/mol. The van der Waals surface area contributed by atoms with E-state index in [-0.39, 0.29) is 16.5 Å². The molecule has 1 unspecified atom stereocenters. The zero-order chi connectivity index (χ0) is 12.1. The summed E-state index contributed by atoms with van der Waals surface area (Å²) in [6, 6.07) is 0.139. The zero-order valence-corrected chi connectivity index (χ0v) is 11.0. The second kappa shape index (κ2) is 6.18. The number of hydrogen-bond acceptors (Lipinski definition) is 5. The van der Waals surface area contributed by atoms with Gasteiger partial charge in [-0.15, -0.1) is 10.2 Å². The number of methoxy groups -OCH3 is 1. The quantitative estimate of drug-likeness (QED) is 0.815. The SMILES string of the molecule is CCN(c1nc(Cl)nnc1Cl)C(C)COC. The molecule has 1 atom stereocenters. The van der Waals surface area contributed by atoms with E-state index in [9.17, 15) is 0 Å². The standard InChI is InChI=1S/C9H14Cl2N4O/c1-4-15(6(2)5-16-3)8-7(10)13-14-9(11)12-8/h6H,4-5H2,1-3H3. The van der Waals surface area contributed by atoms with Crippen LogP contribution in [0.3, 0.4) is 0 Å². The fraction of sp³-hybridized carbons (Fsp3) is 0.667. The summed E-state index contributed by atoms with van der Waals surface area (Å²) in [6.45, 7) is 5.32. The molecule has 90 valence electrons. The Balaban J connectivity index is 2.98. The molecule has 0 aromatic carbocycles. The highest BCUT2D eigenvalue weighted by molar-refractivity contribution is 6.32. The van der Waals surface area contributed by atoms with Crippen LogP contribution in [-0.4, -0.2) is 41.5 Å². The maximum absolute atomic E-state index is 5.94. The van der Waals surface area contributed by atoms with Gasteiger partial charge in [0, 0.05) is 13.7 Å². The molecule has 5 nitrogen and oxygen atoms in total. The molecule has 1 heterocycles. The average Bonchev–Trinajstić information content (AvgIpc) is 2.24. The summed E-state index contributed by atoms with van der Waals surface area (Å²) in [5.41, 5.74) is 0. The summed E-state index contributed by atoms with van der Waals surface area (Å²) in [6.07, 6.45) is 0. The van der Waals surface area contributed by atoms with E-state index in [2.05, 4.69) is 15.2 Å². The van der Waals surface area contributed by atoms with Crippen molar-refractivity contribution >= 4 is 29.0 Å². The van der Waals surface area contributed by atoms with E-state index in [1.807, 2.05) is 18.7 Å². The fourth-order valence-electron chi connectivity index (χ4n) is 1.47. The van der Waals surface area contributed by atoms with Gasteiger partial charge in [-0.25, -0.2) is 0 Å². The highest BCUT2D eigenvalue weighted by Gasteiger charge is 2.18. The van der Waals surface area contributed by atoms with E-state index < -0.39 is 0 Å². The summed E-state index contributed by atoms with van der Waals surface area (Å²) < 4.78 is 5.10. The Labute approximate surface area is 105 Å². The molecule has 7 heteroatoms. The molecule has 0 spiro atoms. The molecule has 16 heavy (non-hydrogen) atoms. The molecule has 0 aliphatic rings. The second-order valence-electron chi connectivity index (χ2n) is 3.29. The molecule has 0 fully saturated rings. The van der Waals surface area contributed by atoms with E-state index >= 15 is 0 Å². The number of hydrogen-bond donors (Lipinski definition) is 0. The molecule has 0 radical (unpaired) electrons. The van der Waals surface area contributed by atoms with Crippen molar-refractivity contribution in [3.63, 3.8) is 0 Å². The number of halogens is 2. The minimum Gasteiger partial charge on any atom is -0.383 e. The van der Waals surface area contributed by atoms with Crippen LogP contribution in [0.4, 0.5) is 5.82 Å². The van der Waals surface area contributed by atoms with Crippen molar-refractivity contribution in [1.29, 1.82) is 0 Å². The minimum absolute atomic E-state index is 0.0856. The van der Waals surface area contributed by atoms with E-state index in [0.717, 1.165) is 6.54 Å². The van der Waals surface area contributed by atoms with Crippen LogP contribution in [0.1, 0.15) is 13.8 Å². The fourth-order valence-corrected chi connectivity index (χ4v) is 1.78. The van der Waals surface area contributed by atoms with Gasteiger partial charge in [-0.2, -0.15) is 4.98 Å². The Kier molecular flexibility index (Phi) is 5.18. The van der Waals surface area contributed by atoms with Crippen molar-refractivity contribution in [3.05, 3.63) is 10.4 Å². The topological polar surface area (TPSA) is 51.1 Å². The van der Waals surface area contributed by atoms with Crippen molar-refractivity contribution in [3.8, 4) is 0 Å². The summed E-state index contributed by atoms with van der Waals surface area (Å²) in [7, 11) is 1.65. The number of likely N-dealkylation sites (N-methyl/N-ethyl adjacent to an activating group) is 1. The first-order chi connectivity index (χ1) is 7.60. The molecule has 0 N–H and O–H groups in total. The largest absolute Gasteiger partial charge is 0.383 e. The second-order valence-corrected chi connectivity index (χ2v) is 3.98. The molecule has 0 aliphatic heterocycles. The lowest BCUT2D eigenvalue weighted by atomic mass is 10.3. The van der Waals surface area contributed by atoms with Crippen molar-refractivity contribution in [2.45, 2.75) is 19.9 Å². The van der Waals surface area contributed by atoms with Gasteiger partial charge in [0.05, 0.1) is 12.6 Å². The van der Waals surface area contributed by atoms with Crippen LogP contribution in [0.15, 0.2) is 0 Å². The zero-order valence-electron chi connectivity index (χ0n) is 9.44. The Morgan fingerprint density at radius 3 is 2.62 bits per heavy atom. The van der Waals surface area contributed by atoms with Crippen LogP contribution >= 0.6 is 23.2 Å². The lowest BCUT2D eigenvalue weighted by Gasteiger charge is -2.28. The first-order valence-electron chi connectivity index (χ1n) is 4.91. The van der Waals surface area contributed by atoms with Crippen molar-refractivity contribution in [1.82, 2.24) is 15.2 Å². The van der Waals surface area contributed by atoms with Gasteiger partial charge in [-0.3, -0.25) is 0 Å². The van der Waals surface area contributed by atoms with Crippen molar-refractivity contribution in [2.24, 2.45) is 0 Å². The Morgan fingerprint density at radius 2 is 2.06 bits per heavy atom. The summed E-state index contributed by atoms with van der Waals surface area (Å²) in [5.74, 6) is 0.536. The minimum atomic E-state index is 0.0856. The first-order valence-corrected chi connectivity index (χ1v) is 5.67. The van der Waals surface area contributed by atoms with Gasteiger partial charge in [0.1, 0.15) is 0 Å². The third kappa shape index (κ3) is 3.17. The molecule has 0 saturated heterocycles. The van der Waals surface area contributed by atoms with Crippen LogP contribution in [0, 0.1) is 0 Å². The Hall–Kier alpha value is -0.650. The molecule has 0 saturated carbocycles. The van der Waals surface area contributed by atoms with Gasteiger partial charge >= 0.3 is 0 Å². The molecule has 0 amide bonds. The Morgan fingerprint density at radius 1 is 1.38 bits per heavy atom. The third-order valence-electron chi connectivity index (χ3n) is 2.16. The van der Waals surface area contributed by atoms with Crippen LogP contribution < -0.4 is 4.90 Å². The van der Waals surface area contributed by atoms with Gasteiger partial charge in [0.25, 0.3) is 0 Å². The third-order valence-corrected chi connectivity index (χ3v) is 2.56. The lowest BCUT2D eigenvalue weighted by molar-refractivity contribution is 0.181. The van der Waals surface area contributed by atoms with E-state index in [0.29, 0.717) is 12.4 Å². The monoisotopic (exact) mass is 264 g/mol. The maximum atomic E-state index is 5.94. The van der Waals surface area contributed by atoms with E-state index in [1.165, 1.54) is 0 Å². The van der Waals surface area contributed by atoms with Gasteiger partial charge in [0.15, 0.2) is 11.0 Å². The number of aromatic nitrogens is 3. The molecule has 0 bridgehead atoms. The number of ether oxygens (including phenoxy) is 1. The molecule has 1 aromatic rings. The lowest BCUT2D eigenvalue weighted by Crippen LogP contribution is -2.37. The van der Waals surface area contributed by atoms with Gasteiger partial charge in [-0.1, -0.05) is 11.6 Å². The van der Waals surface area contributed by atoms with Crippen LogP contribution in [0.25, 0.3) is 0 Å².